The van der Waals surface area contributed by atoms with Crippen molar-refractivity contribution in [2.75, 3.05) is 0 Å². The number of amides is 1. The van der Waals surface area contributed by atoms with Crippen molar-refractivity contribution < 1.29 is 9.90 Å². The Kier molecular flexibility index (Phi) is 8.88. The molecule has 136 valence electrons. The molecule has 3 heteroatoms. The van der Waals surface area contributed by atoms with Gasteiger partial charge in [0.1, 0.15) is 5.75 Å². The summed E-state index contributed by atoms with van der Waals surface area (Å²) in [6.07, 6.45) is 9.37. The lowest BCUT2D eigenvalue weighted by molar-refractivity contribution is -0.126. The van der Waals surface area contributed by atoms with Gasteiger partial charge in [0.05, 0.1) is 5.41 Å². The van der Waals surface area contributed by atoms with Crippen molar-refractivity contribution in [1.82, 2.24) is 0 Å². The first-order chi connectivity index (χ1) is 11.5. The van der Waals surface area contributed by atoms with Crippen molar-refractivity contribution in [2.45, 2.75) is 84.0 Å². The molecule has 1 amide bonds. The molecule has 0 aliphatic carbocycles. The average molecular weight is 334 g/mol. The molecule has 3 N–H and O–H groups in total. The number of benzene rings is 1. The first kappa shape index (κ1) is 20.5. The quantitative estimate of drug-likeness (QED) is 0.545. The first-order valence-corrected chi connectivity index (χ1v) is 9.62. The molecule has 0 aliphatic heterocycles. The van der Waals surface area contributed by atoms with Crippen LogP contribution in [0, 0.1) is 5.92 Å². The van der Waals surface area contributed by atoms with Crippen molar-refractivity contribution in [1.29, 1.82) is 0 Å². The first-order valence-electron chi connectivity index (χ1n) is 9.62. The van der Waals surface area contributed by atoms with Crippen LogP contribution in [0.15, 0.2) is 24.3 Å². The smallest absolute Gasteiger partial charge is 0.228 e. The number of carbonyl (C=O) groups is 1. The largest absolute Gasteiger partial charge is 0.508 e. The predicted octanol–water partition coefficient (Wildman–Crippen LogP) is 5.30. The number of hydrogen-bond donors (Lipinski definition) is 2. The summed E-state index contributed by atoms with van der Waals surface area (Å²) in [5, 5.41) is 9.64. The van der Waals surface area contributed by atoms with Gasteiger partial charge in [0.25, 0.3) is 0 Å². The molecule has 1 rings (SSSR count). The van der Waals surface area contributed by atoms with Crippen LogP contribution < -0.4 is 5.73 Å². The third-order valence-corrected chi connectivity index (χ3v) is 5.26. The molecule has 3 nitrogen and oxygen atoms in total. The number of carbonyl (C=O) groups excluding carboxylic acids is 1. The van der Waals surface area contributed by atoms with Crippen LogP contribution >= 0.6 is 0 Å². The van der Waals surface area contributed by atoms with Gasteiger partial charge in [-0.25, -0.2) is 0 Å². The lowest BCUT2D eigenvalue weighted by Gasteiger charge is -2.39. The summed E-state index contributed by atoms with van der Waals surface area (Å²) in [5.41, 5.74) is 6.38. The summed E-state index contributed by atoms with van der Waals surface area (Å²) < 4.78 is 0. The summed E-state index contributed by atoms with van der Waals surface area (Å²) in [7, 11) is 0. The Hall–Kier alpha value is -1.51. The molecule has 0 fully saturated rings. The van der Waals surface area contributed by atoms with E-state index in [9.17, 15) is 9.90 Å². The molecule has 1 atom stereocenters. The monoisotopic (exact) mass is 333 g/mol. The predicted molar refractivity (Wildman–Crippen MR) is 101 cm³/mol. The number of unbranched alkanes of at least 4 members (excludes halogenated alkanes) is 3. The fourth-order valence-corrected chi connectivity index (χ4v) is 3.80. The minimum absolute atomic E-state index is 0.209. The van der Waals surface area contributed by atoms with Gasteiger partial charge >= 0.3 is 0 Å². The normalized spacial score (nSPS) is 13.8. The van der Waals surface area contributed by atoms with Crippen LogP contribution in [0.4, 0.5) is 0 Å². The van der Waals surface area contributed by atoms with Crippen LogP contribution in [-0.2, 0) is 10.2 Å². The zero-order valence-electron chi connectivity index (χ0n) is 15.7. The fraction of sp³-hybridized carbons (Fsp3) is 0.667. The second kappa shape index (κ2) is 10.4. The Bertz CT molecular complexity index is 475. The molecular formula is C21H35NO2. The number of rotatable bonds is 12. The molecule has 24 heavy (non-hydrogen) atoms. The highest BCUT2D eigenvalue weighted by Gasteiger charge is 2.44. The lowest BCUT2D eigenvalue weighted by atomic mass is 9.63. The van der Waals surface area contributed by atoms with Crippen molar-refractivity contribution >= 4 is 5.91 Å². The molecule has 1 aromatic carbocycles. The van der Waals surface area contributed by atoms with Gasteiger partial charge in [-0.2, -0.15) is 0 Å². The molecule has 0 spiro atoms. The van der Waals surface area contributed by atoms with Crippen LogP contribution in [0.2, 0.25) is 0 Å². The van der Waals surface area contributed by atoms with Gasteiger partial charge in [0, 0.05) is 0 Å². The van der Waals surface area contributed by atoms with E-state index in [1.807, 2.05) is 12.1 Å². The molecule has 0 saturated carbocycles. The Morgan fingerprint density at radius 2 is 1.50 bits per heavy atom. The lowest BCUT2D eigenvalue weighted by Crippen LogP contribution is -2.47. The third kappa shape index (κ3) is 4.99. The minimum atomic E-state index is -0.617. The van der Waals surface area contributed by atoms with E-state index in [2.05, 4.69) is 20.8 Å². The van der Waals surface area contributed by atoms with Crippen LogP contribution in [-0.4, -0.2) is 11.0 Å². The minimum Gasteiger partial charge on any atom is -0.508 e. The summed E-state index contributed by atoms with van der Waals surface area (Å²) in [5.74, 6) is 0.288. The molecule has 0 aliphatic rings. The molecule has 0 aromatic heterocycles. The van der Waals surface area contributed by atoms with Gasteiger partial charge in [-0.15, -0.1) is 0 Å². The maximum Gasteiger partial charge on any atom is 0.228 e. The van der Waals surface area contributed by atoms with Crippen LogP contribution in [0.25, 0.3) is 0 Å². The number of aromatic hydroxyl groups is 1. The van der Waals surface area contributed by atoms with E-state index in [0.29, 0.717) is 0 Å². The second-order valence-corrected chi connectivity index (χ2v) is 6.97. The van der Waals surface area contributed by atoms with Crippen molar-refractivity contribution in [3.05, 3.63) is 29.8 Å². The van der Waals surface area contributed by atoms with E-state index in [-0.39, 0.29) is 17.6 Å². The molecule has 0 saturated heterocycles. The van der Waals surface area contributed by atoms with Crippen LogP contribution in [0.5, 0.6) is 5.75 Å². The SMILES string of the molecule is CCCCC(CCCC)C(CCCC)(C(N)=O)c1ccc(O)cc1. The third-order valence-electron chi connectivity index (χ3n) is 5.26. The second-order valence-electron chi connectivity index (χ2n) is 6.97. The Morgan fingerprint density at radius 3 is 1.92 bits per heavy atom. The fourth-order valence-electron chi connectivity index (χ4n) is 3.80. The van der Waals surface area contributed by atoms with Crippen molar-refractivity contribution in [3.8, 4) is 5.75 Å². The standard InChI is InChI=1S/C21H35NO2/c1-4-7-10-17(11-8-5-2)21(20(22)24,16-9-6-3)18-12-14-19(23)15-13-18/h12-15,17,23H,4-11,16H2,1-3H3,(H2,22,24). The highest BCUT2D eigenvalue weighted by molar-refractivity contribution is 5.87. The summed E-state index contributed by atoms with van der Waals surface area (Å²) >= 11 is 0. The topological polar surface area (TPSA) is 63.3 Å². The van der Waals surface area contributed by atoms with Gasteiger partial charge in [-0.05, 0) is 42.9 Å². The summed E-state index contributed by atoms with van der Waals surface area (Å²) in [6.45, 7) is 6.53. The average Bonchev–Trinajstić information content (AvgIpc) is 2.57. The zero-order valence-corrected chi connectivity index (χ0v) is 15.7. The molecule has 1 unspecified atom stereocenters. The van der Waals surface area contributed by atoms with E-state index in [1.54, 1.807) is 12.1 Å². The molecule has 0 heterocycles. The molecule has 1 aromatic rings. The van der Waals surface area contributed by atoms with Gasteiger partial charge < -0.3 is 10.8 Å². The highest BCUT2D eigenvalue weighted by Crippen LogP contribution is 2.43. The van der Waals surface area contributed by atoms with Crippen molar-refractivity contribution in [2.24, 2.45) is 11.7 Å². The van der Waals surface area contributed by atoms with Crippen LogP contribution in [0.1, 0.15) is 84.1 Å². The van der Waals surface area contributed by atoms with E-state index < -0.39 is 5.41 Å². The molecular weight excluding hydrogens is 298 g/mol. The van der Waals surface area contributed by atoms with E-state index >= 15 is 0 Å². The molecule has 0 bridgehead atoms. The van der Waals surface area contributed by atoms with Gasteiger partial charge in [-0.3, -0.25) is 4.79 Å². The number of phenolic OH excluding ortho intramolecular Hbond substituents is 1. The van der Waals surface area contributed by atoms with E-state index in [1.165, 1.54) is 0 Å². The van der Waals surface area contributed by atoms with Gasteiger partial charge in [0.15, 0.2) is 0 Å². The maximum atomic E-state index is 12.7. The number of phenols is 1. The van der Waals surface area contributed by atoms with E-state index in [4.69, 9.17) is 5.73 Å². The summed E-state index contributed by atoms with van der Waals surface area (Å²) in [6, 6.07) is 7.13. The van der Waals surface area contributed by atoms with E-state index in [0.717, 1.165) is 63.4 Å². The summed E-state index contributed by atoms with van der Waals surface area (Å²) in [4.78, 5) is 12.7. The number of primary amides is 1. The van der Waals surface area contributed by atoms with Gasteiger partial charge in [0.2, 0.25) is 5.91 Å². The maximum absolute atomic E-state index is 12.7. The van der Waals surface area contributed by atoms with Crippen molar-refractivity contribution in [3.63, 3.8) is 0 Å². The van der Waals surface area contributed by atoms with Gasteiger partial charge in [-0.1, -0.05) is 71.4 Å². The Labute approximate surface area is 147 Å². The zero-order chi connectivity index (χ0) is 18.0. The Balaban J connectivity index is 3.33. The molecule has 0 radical (unpaired) electrons. The highest BCUT2D eigenvalue weighted by atomic mass is 16.3. The van der Waals surface area contributed by atoms with Crippen LogP contribution in [0.3, 0.4) is 0 Å². The number of hydrogen-bond acceptors (Lipinski definition) is 2. The number of nitrogens with two attached hydrogens (primary N) is 1. The Morgan fingerprint density at radius 1 is 1.00 bits per heavy atom.